The first kappa shape index (κ1) is 18.5. The number of amides is 2. The second kappa shape index (κ2) is 8.32. The van der Waals surface area contributed by atoms with Gasteiger partial charge < -0.3 is 19.9 Å². The number of rotatable bonds is 7. The van der Waals surface area contributed by atoms with E-state index in [-0.39, 0.29) is 17.6 Å². The SMILES string of the molecule is COc1ccc(C[C@H](C)NC(=O)[C@H](C)NC(=O)c2cc(C)on2)cc1. The Morgan fingerprint density at radius 3 is 2.44 bits per heavy atom. The molecule has 1 aromatic carbocycles. The quantitative estimate of drug-likeness (QED) is 0.799. The number of benzene rings is 1. The van der Waals surface area contributed by atoms with Crippen molar-refractivity contribution >= 4 is 11.8 Å². The molecular weight excluding hydrogens is 322 g/mol. The van der Waals surface area contributed by atoms with Gasteiger partial charge in [-0.25, -0.2) is 0 Å². The molecule has 7 nitrogen and oxygen atoms in total. The predicted molar refractivity (Wildman–Crippen MR) is 92.5 cm³/mol. The van der Waals surface area contributed by atoms with Gasteiger partial charge in [-0.2, -0.15) is 0 Å². The number of aryl methyl sites for hydroxylation is 1. The average molecular weight is 345 g/mol. The largest absolute Gasteiger partial charge is 0.497 e. The third-order valence-corrected chi connectivity index (χ3v) is 3.69. The van der Waals surface area contributed by atoms with Crippen LogP contribution in [0.25, 0.3) is 0 Å². The van der Waals surface area contributed by atoms with Crippen LogP contribution in [-0.4, -0.2) is 36.2 Å². The molecule has 0 bridgehead atoms. The van der Waals surface area contributed by atoms with Crippen molar-refractivity contribution in [3.63, 3.8) is 0 Å². The van der Waals surface area contributed by atoms with Crippen molar-refractivity contribution in [2.24, 2.45) is 0 Å². The van der Waals surface area contributed by atoms with Crippen LogP contribution in [0.15, 0.2) is 34.9 Å². The summed E-state index contributed by atoms with van der Waals surface area (Å²) in [7, 11) is 1.62. The summed E-state index contributed by atoms with van der Waals surface area (Å²) in [5.41, 5.74) is 1.24. The highest BCUT2D eigenvalue weighted by Gasteiger charge is 2.20. The standard InChI is InChI=1S/C18H23N3O4/c1-11(9-14-5-7-15(24-4)8-6-14)19-17(22)13(3)20-18(23)16-10-12(2)25-21-16/h5-8,10-11,13H,9H2,1-4H3,(H,19,22)(H,20,23)/t11-,13-/m0/s1. The van der Waals surface area contributed by atoms with Crippen molar-refractivity contribution in [2.45, 2.75) is 39.3 Å². The second-order valence-electron chi connectivity index (χ2n) is 5.98. The summed E-state index contributed by atoms with van der Waals surface area (Å²) in [5.74, 6) is 0.632. The van der Waals surface area contributed by atoms with Crippen LogP contribution in [0.4, 0.5) is 0 Å². The van der Waals surface area contributed by atoms with E-state index in [1.165, 1.54) is 6.07 Å². The number of hydrogen-bond acceptors (Lipinski definition) is 5. The molecule has 1 heterocycles. The molecule has 2 N–H and O–H groups in total. The fourth-order valence-electron chi connectivity index (χ4n) is 2.34. The first-order valence-corrected chi connectivity index (χ1v) is 8.06. The van der Waals surface area contributed by atoms with Gasteiger partial charge in [0, 0.05) is 12.1 Å². The molecule has 0 saturated carbocycles. The van der Waals surface area contributed by atoms with Gasteiger partial charge in [-0.1, -0.05) is 17.3 Å². The van der Waals surface area contributed by atoms with E-state index >= 15 is 0 Å². The van der Waals surface area contributed by atoms with E-state index in [0.29, 0.717) is 12.2 Å². The molecule has 2 atom stereocenters. The van der Waals surface area contributed by atoms with Crippen LogP contribution in [0.1, 0.15) is 35.7 Å². The normalized spacial score (nSPS) is 13.0. The van der Waals surface area contributed by atoms with Gasteiger partial charge in [0.25, 0.3) is 5.91 Å². The summed E-state index contributed by atoms with van der Waals surface area (Å²) in [6, 6.07) is 8.45. The van der Waals surface area contributed by atoms with Crippen molar-refractivity contribution in [3.05, 3.63) is 47.3 Å². The number of ether oxygens (including phenoxy) is 1. The third kappa shape index (κ3) is 5.34. The smallest absolute Gasteiger partial charge is 0.274 e. The van der Waals surface area contributed by atoms with E-state index in [4.69, 9.17) is 9.26 Å². The minimum atomic E-state index is -0.678. The van der Waals surface area contributed by atoms with Crippen molar-refractivity contribution < 1.29 is 18.8 Å². The number of carbonyl (C=O) groups excluding carboxylic acids is 2. The van der Waals surface area contributed by atoms with Gasteiger partial charge in [-0.05, 0) is 44.9 Å². The molecule has 0 unspecified atom stereocenters. The van der Waals surface area contributed by atoms with Crippen LogP contribution in [0, 0.1) is 6.92 Å². The minimum Gasteiger partial charge on any atom is -0.497 e. The van der Waals surface area contributed by atoms with E-state index in [1.54, 1.807) is 21.0 Å². The van der Waals surface area contributed by atoms with Crippen molar-refractivity contribution in [1.29, 1.82) is 0 Å². The zero-order valence-corrected chi connectivity index (χ0v) is 14.8. The average Bonchev–Trinajstić information content (AvgIpc) is 3.02. The van der Waals surface area contributed by atoms with Crippen LogP contribution >= 0.6 is 0 Å². The molecule has 0 saturated heterocycles. The van der Waals surface area contributed by atoms with Crippen molar-refractivity contribution in [2.75, 3.05) is 7.11 Å². The van der Waals surface area contributed by atoms with Crippen LogP contribution < -0.4 is 15.4 Å². The molecule has 7 heteroatoms. The fourth-order valence-corrected chi connectivity index (χ4v) is 2.34. The van der Waals surface area contributed by atoms with E-state index in [1.807, 2.05) is 31.2 Å². The van der Waals surface area contributed by atoms with E-state index in [0.717, 1.165) is 11.3 Å². The Morgan fingerprint density at radius 2 is 1.88 bits per heavy atom. The Labute approximate surface area is 146 Å². The second-order valence-corrected chi connectivity index (χ2v) is 5.98. The zero-order chi connectivity index (χ0) is 18.4. The van der Waals surface area contributed by atoms with Gasteiger partial charge in [-0.15, -0.1) is 0 Å². The maximum atomic E-state index is 12.2. The molecule has 25 heavy (non-hydrogen) atoms. The van der Waals surface area contributed by atoms with Gasteiger partial charge in [0.05, 0.1) is 7.11 Å². The van der Waals surface area contributed by atoms with Crippen LogP contribution in [0.2, 0.25) is 0 Å². The minimum absolute atomic E-state index is 0.0745. The van der Waals surface area contributed by atoms with Gasteiger partial charge >= 0.3 is 0 Å². The molecule has 134 valence electrons. The number of carbonyl (C=O) groups is 2. The molecule has 2 aromatic rings. The molecule has 0 aliphatic carbocycles. The Hall–Kier alpha value is -2.83. The summed E-state index contributed by atoms with van der Waals surface area (Å²) in [4.78, 5) is 24.2. The molecule has 2 rings (SSSR count). The maximum absolute atomic E-state index is 12.2. The summed E-state index contributed by atoms with van der Waals surface area (Å²) >= 11 is 0. The lowest BCUT2D eigenvalue weighted by atomic mass is 10.1. The van der Waals surface area contributed by atoms with E-state index in [9.17, 15) is 9.59 Å². The summed E-state index contributed by atoms with van der Waals surface area (Å²) in [6.07, 6.45) is 0.679. The lowest BCUT2D eigenvalue weighted by Crippen LogP contribution is -2.47. The Balaban J connectivity index is 1.83. The van der Waals surface area contributed by atoms with E-state index < -0.39 is 11.9 Å². The highest BCUT2D eigenvalue weighted by molar-refractivity contribution is 5.95. The summed E-state index contributed by atoms with van der Waals surface area (Å²) in [5, 5.41) is 9.12. The van der Waals surface area contributed by atoms with Gasteiger partial charge in [0.15, 0.2) is 5.69 Å². The predicted octanol–water partition coefficient (Wildman–Crippen LogP) is 1.86. The van der Waals surface area contributed by atoms with Crippen LogP contribution in [0.3, 0.4) is 0 Å². The van der Waals surface area contributed by atoms with Gasteiger partial charge in [-0.3, -0.25) is 9.59 Å². The number of methoxy groups -OCH3 is 1. The molecule has 0 spiro atoms. The van der Waals surface area contributed by atoms with Gasteiger partial charge in [0.2, 0.25) is 5.91 Å². The Morgan fingerprint density at radius 1 is 1.20 bits per heavy atom. The molecule has 0 radical (unpaired) electrons. The van der Waals surface area contributed by atoms with E-state index in [2.05, 4.69) is 15.8 Å². The number of nitrogens with one attached hydrogen (secondary N) is 2. The maximum Gasteiger partial charge on any atom is 0.274 e. The monoisotopic (exact) mass is 345 g/mol. The first-order valence-electron chi connectivity index (χ1n) is 8.06. The Bertz CT molecular complexity index is 724. The molecule has 0 fully saturated rings. The molecule has 2 amide bonds. The fraction of sp³-hybridized carbons (Fsp3) is 0.389. The first-order chi connectivity index (χ1) is 11.9. The highest BCUT2D eigenvalue weighted by Crippen LogP contribution is 2.12. The number of aromatic nitrogens is 1. The van der Waals surface area contributed by atoms with Crippen molar-refractivity contribution in [1.82, 2.24) is 15.8 Å². The summed E-state index contributed by atoms with van der Waals surface area (Å²) in [6.45, 7) is 5.23. The van der Waals surface area contributed by atoms with Crippen LogP contribution in [-0.2, 0) is 11.2 Å². The van der Waals surface area contributed by atoms with Crippen LogP contribution in [0.5, 0.6) is 5.75 Å². The number of nitrogens with zero attached hydrogens (tertiary/aromatic N) is 1. The zero-order valence-electron chi connectivity index (χ0n) is 14.8. The van der Waals surface area contributed by atoms with Crippen molar-refractivity contribution in [3.8, 4) is 5.75 Å². The lowest BCUT2D eigenvalue weighted by Gasteiger charge is -2.18. The van der Waals surface area contributed by atoms with Gasteiger partial charge in [0.1, 0.15) is 17.6 Å². The third-order valence-electron chi connectivity index (χ3n) is 3.69. The highest BCUT2D eigenvalue weighted by atomic mass is 16.5. The molecule has 0 aliphatic rings. The summed E-state index contributed by atoms with van der Waals surface area (Å²) < 4.78 is 9.98. The number of hydrogen-bond donors (Lipinski definition) is 2. The topological polar surface area (TPSA) is 93.5 Å². The lowest BCUT2D eigenvalue weighted by molar-refractivity contribution is -0.123. The molecular formula is C18H23N3O4. The Kier molecular flexibility index (Phi) is 6.16. The molecule has 1 aromatic heterocycles. The molecule has 0 aliphatic heterocycles.